The quantitative estimate of drug-likeness (QED) is 0.557. The molecule has 2 aliphatic carbocycles. The Kier molecular flexibility index (Phi) is 4.08. The minimum Gasteiger partial charge on any atom is -0.217 e. The number of rotatable bonds is 4. The lowest BCUT2D eigenvalue weighted by atomic mass is 9.65. The molecule has 1 saturated heterocycles. The monoisotopic (exact) mass is 322 g/mol. The first-order valence-electron chi connectivity index (χ1n) is 9.61. The number of hydrogen-bond acceptors (Lipinski definition) is 0. The molecule has 0 aromatic carbocycles. The molecule has 0 nitrogen and oxygen atoms in total. The van der Waals surface area contributed by atoms with Gasteiger partial charge in [0.1, 0.15) is 0 Å². The largest absolute Gasteiger partial charge is 0.217 e. The van der Waals surface area contributed by atoms with Crippen LogP contribution in [-0.2, 0) is 0 Å². The summed E-state index contributed by atoms with van der Waals surface area (Å²) in [6.07, 6.45) is 11.1. The van der Waals surface area contributed by atoms with Gasteiger partial charge in [-0.05, 0) is 73.2 Å². The van der Waals surface area contributed by atoms with Crippen LogP contribution in [0.5, 0.6) is 0 Å². The van der Waals surface area contributed by atoms with Gasteiger partial charge in [-0.3, -0.25) is 0 Å². The van der Waals surface area contributed by atoms with Crippen LogP contribution in [0, 0.1) is 35.5 Å². The molecule has 0 amide bonds. The number of hydrogen-bond donors (Lipinski definition) is 0. The average molecular weight is 323 g/mol. The van der Waals surface area contributed by atoms with Gasteiger partial charge in [-0.15, -0.1) is 0 Å². The molecule has 3 aliphatic rings. The van der Waals surface area contributed by atoms with Crippen LogP contribution >= 0.6 is 10.0 Å². The third-order valence-corrected chi connectivity index (χ3v) is 11.9. The average Bonchev–Trinajstić information content (AvgIpc) is 3.13. The van der Waals surface area contributed by atoms with Crippen molar-refractivity contribution in [3.05, 3.63) is 10.5 Å². The fraction of sp³-hybridized carbons (Fsp3) is 0.905. The van der Waals surface area contributed by atoms with Crippen molar-refractivity contribution in [2.75, 3.05) is 12.5 Å². The Balaban J connectivity index is 2.01. The minimum absolute atomic E-state index is 0.512. The predicted molar refractivity (Wildman–Crippen MR) is 103 cm³/mol. The molecule has 22 heavy (non-hydrogen) atoms. The molecule has 1 spiro atoms. The first-order chi connectivity index (χ1) is 10.2. The van der Waals surface area contributed by atoms with E-state index in [4.69, 9.17) is 0 Å². The maximum absolute atomic E-state index is 2.66. The topological polar surface area (TPSA) is 0 Å². The van der Waals surface area contributed by atoms with Crippen molar-refractivity contribution in [1.82, 2.24) is 0 Å². The molecule has 128 valence electrons. The van der Waals surface area contributed by atoms with Gasteiger partial charge in [0.15, 0.2) is 0 Å². The molecule has 0 radical (unpaired) electrons. The van der Waals surface area contributed by atoms with E-state index in [0.717, 1.165) is 40.3 Å². The van der Waals surface area contributed by atoms with Crippen LogP contribution in [0.1, 0.15) is 67.2 Å². The van der Waals surface area contributed by atoms with Crippen LogP contribution in [0.25, 0.3) is 0 Å². The Morgan fingerprint density at radius 2 is 1.91 bits per heavy atom. The summed E-state index contributed by atoms with van der Waals surface area (Å²) in [5, 5.41) is 0. The van der Waals surface area contributed by atoms with Crippen molar-refractivity contribution >= 4 is 10.0 Å². The number of allylic oxidation sites excluding steroid dienone is 2. The third kappa shape index (κ3) is 2.03. The maximum Gasteiger partial charge on any atom is 0.0141 e. The molecule has 1 heteroatoms. The highest BCUT2D eigenvalue weighted by Gasteiger charge is 2.77. The molecule has 0 bridgehead atoms. The Labute approximate surface area is 140 Å². The SMILES string of the molecule is CCC(C)C1C(C)CC2CC23C1/C(=C(/C)CC(C)C)S3(C)C. The highest BCUT2D eigenvalue weighted by molar-refractivity contribution is 8.38. The summed E-state index contributed by atoms with van der Waals surface area (Å²) >= 11 is 0. The van der Waals surface area contributed by atoms with Gasteiger partial charge in [0.25, 0.3) is 0 Å². The highest BCUT2D eigenvalue weighted by atomic mass is 32.3. The van der Waals surface area contributed by atoms with Gasteiger partial charge in [0.2, 0.25) is 0 Å². The van der Waals surface area contributed by atoms with E-state index in [0.29, 0.717) is 0 Å². The van der Waals surface area contributed by atoms with Crippen LogP contribution in [0.3, 0.4) is 0 Å². The highest BCUT2D eigenvalue weighted by Crippen LogP contribution is 2.91. The lowest BCUT2D eigenvalue weighted by Crippen LogP contribution is -2.54. The molecule has 3 rings (SSSR count). The van der Waals surface area contributed by atoms with Crippen molar-refractivity contribution in [2.45, 2.75) is 72.0 Å². The van der Waals surface area contributed by atoms with Gasteiger partial charge in [-0.1, -0.05) is 46.6 Å². The molecule has 6 unspecified atom stereocenters. The van der Waals surface area contributed by atoms with E-state index in [1.165, 1.54) is 19.3 Å². The second kappa shape index (κ2) is 5.30. The van der Waals surface area contributed by atoms with E-state index in [-0.39, 0.29) is 0 Å². The maximum atomic E-state index is 2.66. The second-order valence-electron chi connectivity index (χ2n) is 9.58. The Bertz CT molecular complexity index is 486. The zero-order valence-electron chi connectivity index (χ0n) is 16.2. The third-order valence-electron chi connectivity index (χ3n) is 7.54. The van der Waals surface area contributed by atoms with Gasteiger partial charge in [-0.25, -0.2) is 10.0 Å². The summed E-state index contributed by atoms with van der Waals surface area (Å²) in [5.74, 6) is 5.64. The van der Waals surface area contributed by atoms with Gasteiger partial charge >= 0.3 is 0 Å². The Morgan fingerprint density at radius 1 is 1.27 bits per heavy atom. The first-order valence-corrected chi connectivity index (χ1v) is 12.1. The Hall–Kier alpha value is 0.0900. The van der Waals surface area contributed by atoms with E-state index in [1.807, 2.05) is 4.91 Å². The van der Waals surface area contributed by atoms with Crippen LogP contribution in [-0.4, -0.2) is 17.3 Å². The van der Waals surface area contributed by atoms with Crippen molar-refractivity contribution in [3.63, 3.8) is 0 Å². The van der Waals surface area contributed by atoms with Gasteiger partial charge in [0, 0.05) is 10.7 Å². The Morgan fingerprint density at radius 3 is 2.45 bits per heavy atom. The zero-order valence-corrected chi connectivity index (χ0v) is 17.0. The molecular formula is C21H38S. The molecule has 6 atom stereocenters. The lowest BCUT2D eigenvalue weighted by Gasteiger charge is -2.67. The summed E-state index contributed by atoms with van der Waals surface area (Å²) in [7, 11) is -0.512. The van der Waals surface area contributed by atoms with Crippen LogP contribution in [0.2, 0.25) is 0 Å². The molecule has 2 saturated carbocycles. The fourth-order valence-corrected chi connectivity index (χ4v) is 11.3. The summed E-state index contributed by atoms with van der Waals surface area (Å²) in [6, 6.07) is 0. The standard InChI is InChI=1S/C21H38S/c1-9-14(4)18-15(5)11-17-12-21(17)19(18)20(22(21,7)8)16(6)10-13(2)3/h13-15,17-19H,9-12H2,1-8H3/b20-16+. The minimum atomic E-state index is -0.512. The van der Waals surface area contributed by atoms with E-state index in [1.54, 1.807) is 12.0 Å². The van der Waals surface area contributed by atoms with E-state index < -0.39 is 10.0 Å². The molecular weight excluding hydrogens is 284 g/mol. The normalized spacial score (nSPS) is 47.1. The molecule has 0 aromatic heterocycles. The fourth-order valence-electron chi connectivity index (χ4n) is 6.63. The summed E-state index contributed by atoms with van der Waals surface area (Å²) < 4.78 is 0.779. The summed E-state index contributed by atoms with van der Waals surface area (Å²) in [4.78, 5) is 1.97. The summed E-state index contributed by atoms with van der Waals surface area (Å²) in [5.41, 5.74) is 1.78. The van der Waals surface area contributed by atoms with Crippen molar-refractivity contribution in [1.29, 1.82) is 0 Å². The smallest absolute Gasteiger partial charge is 0.0141 e. The zero-order chi connectivity index (χ0) is 16.4. The molecule has 1 heterocycles. The van der Waals surface area contributed by atoms with E-state index >= 15 is 0 Å². The van der Waals surface area contributed by atoms with Gasteiger partial charge in [0.05, 0.1) is 0 Å². The second-order valence-corrected chi connectivity index (χ2v) is 13.4. The lowest BCUT2D eigenvalue weighted by molar-refractivity contribution is 0.122. The van der Waals surface area contributed by atoms with Crippen molar-refractivity contribution < 1.29 is 0 Å². The molecule has 1 aliphatic heterocycles. The van der Waals surface area contributed by atoms with Gasteiger partial charge in [-0.2, -0.15) is 0 Å². The van der Waals surface area contributed by atoms with E-state index in [9.17, 15) is 0 Å². The van der Waals surface area contributed by atoms with E-state index in [2.05, 4.69) is 54.1 Å². The first kappa shape index (κ1) is 16.9. The molecule has 0 aromatic rings. The molecule has 0 N–H and O–H groups in total. The van der Waals surface area contributed by atoms with Crippen molar-refractivity contribution in [3.8, 4) is 0 Å². The van der Waals surface area contributed by atoms with Gasteiger partial charge < -0.3 is 0 Å². The summed E-state index contributed by atoms with van der Waals surface area (Å²) in [6.45, 7) is 14.8. The van der Waals surface area contributed by atoms with Crippen LogP contribution in [0.15, 0.2) is 10.5 Å². The van der Waals surface area contributed by atoms with Crippen LogP contribution in [0.4, 0.5) is 0 Å². The van der Waals surface area contributed by atoms with Crippen LogP contribution < -0.4 is 0 Å². The predicted octanol–water partition coefficient (Wildman–Crippen LogP) is 6.46. The molecule has 3 fully saturated rings. The van der Waals surface area contributed by atoms with Crippen molar-refractivity contribution in [2.24, 2.45) is 35.5 Å².